The minimum atomic E-state index is -0.749. The minimum absolute atomic E-state index is 0.0491. The molecule has 2 aliphatic rings. The fraction of sp³-hybridized carbons (Fsp3) is 0.297. The molecule has 0 radical (unpaired) electrons. The van der Waals surface area contributed by atoms with Crippen LogP contribution in [0.3, 0.4) is 0 Å². The Bertz CT molecular complexity index is 1660. The van der Waals surface area contributed by atoms with Crippen LogP contribution in [0.15, 0.2) is 84.9 Å². The molecule has 0 aliphatic carbocycles. The molecular weight excluding hydrogens is 548 g/mol. The SMILES string of the molecule is Cc1cc(O)cc(C)c1C[C@H](N)C(=O)N[C@@H]1CCN(C(=O)c2ccccc2)c2ccc(CN3CCc4ccccc4C3)cc21. The molecule has 0 bridgehead atoms. The van der Waals surface area contributed by atoms with Gasteiger partial charge in [-0.15, -0.1) is 0 Å². The second-order valence-corrected chi connectivity index (χ2v) is 12.2. The summed E-state index contributed by atoms with van der Waals surface area (Å²) in [6.45, 7) is 7.00. The molecule has 0 saturated carbocycles. The Morgan fingerprint density at radius 2 is 1.64 bits per heavy atom. The van der Waals surface area contributed by atoms with Crippen LogP contribution in [0.25, 0.3) is 0 Å². The number of hydrogen-bond donors (Lipinski definition) is 3. The topological polar surface area (TPSA) is 98.9 Å². The van der Waals surface area contributed by atoms with E-state index in [1.54, 1.807) is 12.1 Å². The van der Waals surface area contributed by atoms with Crippen LogP contribution in [0, 0.1) is 13.8 Å². The third-order valence-corrected chi connectivity index (χ3v) is 9.04. The zero-order chi connectivity index (χ0) is 30.8. The molecule has 2 amide bonds. The molecule has 0 fully saturated rings. The van der Waals surface area contributed by atoms with Crippen LogP contribution in [0.5, 0.6) is 5.75 Å². The number of carbonyl (C=O) groups excluding carboxylic acids is 2. The standard InChI is InChI=1S/C37H40N4O3/c1-24-18-30(42)19-25(2)31(24)21-33(38)36(43)39-34-15-17-41(37(44)28-9-4-3-5-10-28)35-13-12-26(20-32(34)35)22-40-16-14-27-8-6-7-11-29(27)23-40/h3-13,18-20,33-34,42H,14-17,21-23,38H2,1-2H3,(H,39,43)/t33-,34+/m0/s1. The molecular formula is C37H40N4O3. The third-order valence-electron chi connectivity index (χ3n) is 9.04. The second kappa shape index (κ2) is 12.6. The van der Waals surface area contributed by atoms with Crippen molar-refractivity contribution in [2.45, 2.75) is 58.3 Å². The number of aromatic hydroxyl groups is 1. The Balaban J connectivity index is 1.25. The number of nitrogens with zero attached hydrogens (tertiary/aromatic N) is 2. The van der Waals surface area contributed by atoms with E-state index < -0.39 is 6.04 Å². The van der Waals surface area contributed by atoms with Crippen molar-refractivity contribution in [3.05, 3.63) is 129 Å². The van der Waals surface area contributed by atoms with Crippen molar-refractivity contribution in [1.82, 2.24) is 10.2 Å². The summed E-state index contributed by atoms with van der Waals surface area (Å²) < 4.78 is 0. The number of carbonyl (C=O) groups is 2. The molecule has 226 valence electrons. The van der Waals surface area contributed by atoms with Crippen LogP contribution in [0.2, 0.25) is 0 Å². The average Bonchev–Trinajstić information content (AvgIpc) is 3.03. The summed E-state index contributed by atoms with van der Waals surface area (Å²) in [6, 6.07) is 26.6. The number of nitrogens with one attached hydrogen (secondary N) is 1. The predicted octanol–water partition coefficient (Wildman–Crippen LogP) is 5.35. The van der Waals surface area contributed by atoms with Crippen molar-refractivity contribution in [2.24, 2.45) is 5.73 Å². The molecule has 7 heteroatoms. The molecule has 2 aliphatic heterocycles. The van der Waals surface area contributed by atoms with E-state index in [2.05, 4.69) is 46.6 Å². The zero-order valence-electron chi connectivity index (χ0n) is 25.4. The molecule has 2 heterocycles. The van der Waals surface area contributed by atoms with Gasteiger partial charge in [0.05, 0.1) is 12.1 Å². The number of fused-ring (bicyclic) bond motifs is 2. The molecule has 0 unspecified atom stereocenters. The first-order valence-electron chi connectivity index (χ1n) is 15.4. The van der Waals surface area contributed by atoms with Gasteiger partial charge in [0, 0.05) is 37.4 Å². The number of nitrogens with two attached hydrogens (primary N) is 1. The van der Waals surface area contributed by atoms with Crippen LogP contribution in [-0.2, 0) is 30.7 Å². The second-order valence-electron chi connectivity index (χ2n) is 12.2. The van der Waals surface area contributed by atoms with Gasteiger partial charge in [0.15, 0.2) is 0 Å². The van der Waals surface area contributed by atoms with Gasteiger partial charge in [-0.1, -0.05) is 54.6 Å². The van der Waals surface area contributed by atoms with E-state index in [1.165, 1.54) is 11.1 Å². The first-order valence-corrected chi connectivity index (χ1v) is 15.4. The van der Waals surface area contributed by atoms with Crippen LogP contribution in [-0.4, -0.2) is 41.0 Å². The first-order chi connectivity index (χ1) is 21.3. The van der Waals surface area contributed by atoms with E-state index in [-0.39, 0.29) is 23.6 Å². The van der Waals surface area contributed by atoms with Crippen molar-refractivity contribution in [2.75, 3.05) is 18.0 Å². The van der Waals surface area contributed by atoms with Crippen LogP contribution < -0.4 is 16.0 Å². The lowest BCUT2D eigenvalue weighted by molar-refractivity contribution is -0.123. The van der Waals surface area contributed by atoms with Gasteiger partial charge in [0.2, 0.25) is 5.91 Å². The summed E-state index contributed by atoms with van der Waals surface area (Å²) in [7, 11) is 0. The summed E-state index contributed by atoms with van der Waals surface area (Å²) in [4.78, 5) is 31.4. The molecule has 4 aromatic rings. The average molecular weight is 589 g/mol. The highest BCUT2D eigenvalue weighted by Gasteiger charge is 2.32. The summed E-state index contributed by atoms with van der Waals surface area (Å²) in [6.07, 6.45) is 1.98. The summed E-state index contributed by atoms with van der Waals surface area (Å²) in [5.41, 5.74) is 15.6. The maximum atomic E-state index is 13.6. The van der Waals surface area contributed by atoms with Gasteiger partial charge in [0.25, 0.3) is 5.91 Å². The number of anilines is 1. The van der Waals surface area contributed by atoms with E-state index in [0.717, 1.165) is 59.6 Å². The quantitative estimate of drug-likeness (QED) is 0.271. The lowest BCUT2D eigenvalue weighted by Crippen LogP contribution is -2.46. The largest absolute Gasteiger partial charge is 0.508 e. The summed E-state index contributed by atoms with van der Waals surface area (Å²) in [5, 5.41) is 13.2. The number of benzene rings is 4. The Morgan fingerprint density at radius 3 is 2.39 bits per heavy atom. The number of phenols is 1. The van der Waals surface area contributed by atoms with Gasteiger partial charge < -0.3 is 21.1 Å². The van der Waals surface area contributed by atoms with E-state index in [4.69, 9.17) is 5.73 Å². The van der Waals surface area contributed by atoms with Gasteiger partial charge in [0.1, 0.15) is 5.75 Å². The lowest BCUT2D eigenvalue weighted by Gasteiger charge is -2.36. The van der Waals surface area contributed by atoms with E-state index in [0.29, 0.717) is 24.9 Å². The van der Waals surface area contributed by atoms with Crippen molar-refractivity contribution in [1.29, 1.82) is 0 Å². The Labute approximate surface area is 259 Å². The van der Waals surface area contributed by atoms with Gasteiger partial charge in [-0.25, -0.2) is 0 Å². The highest BCUT2D eigenvalue weighted by Crippen LogP contribution is 2.36. The molecule has 6 rings (SSSR count). The van der Waals surface area contributed by atoms with Crippen molar-refractivity contribution in [3.63, 3.8) is 0 Å². The fourth-order valence-electron chi connectivity index (χ4n) is 6.69. The lowest BCUT2D eigenvalue weighted by atomic mass is 9.92. The monoisotopic (exact) mass is 588 g/mol. The third kappa shape index (κ3) is 6.25. The van der Waals surface area contributed by atoms with Crippen molar-refractivity contribution >= 4 is 17.5 Å². The number of aryl methyl sites for hydroxylation is 2. The molecule has 4 N–H and O–H groups in total. The summed E-state index contributed by atoms with van der Waals surface area (Å²) in [5.74, 6) is -0.0690. The number of hydrogen-bond acceptors (Lipinski definition) is 5. The number of phenolic OH excluding ortho intramolecular Hbond substituents is 1. The smallest absolute Gasteiger partial charge is 0.258 e. The predicted molar refractivity (Wildman–Crippen MR) is 174 cm³/mol. The molecule has 7 nitrogen and oxygen atoms in total. The molecule has 4 aromatic carbocycles. The maximum absolute atomic E-state index is 13.6. The Kier molecular flexibility index (Phi) is 8.51. The highest BCUT2D eigenvalue weighted by atomic mass is 16.3. The first kappa shape index (κ1) is 29.6. The van der Waals surface area contributed by atoms with E-state index in [9.17, 15) is 14.7 Å². The molecule has 44 heavy (non-hydrogen) atoms. The van der Waals surface area contributed by atoms with Crippen LogP contribution >= 0.6 is 0 Å². The van der Waals surface area contributed by atoms with Crippen LogP contribution in [0.1, 0.15) is 61.8 Å². The fourth-order valence-corrected chi connectivity index (χ4v) is 6.69. The van der Waals surface area contributed by atoms with Crippen molar-refractivity contribution < 1.29 is 14.7 Å². The van der Waals surface area contributed by atoms with Gasteiger partial charge in [-0.2, -0.15) is 0 Å². The van der Waals surface area contributed by atoms with Gasteiger partial charge in [-0.3, -0.25) is 14.5 Å². The normalized spacial score (nSPS) is 17.0. The minimum Gasteiger partial charge on any atom is -0.508 e. The van der Waals surface area contributed by atoms with Crippen molar-refractivity contribution in [3.8, 4) is 5.75 Å². The molecule has 2 atom stereocenters. The number of rotatable bonds is 7. The highest BCUT2D eigenvalue weighted by molar-refractivity contribution is 6.07. The van der Waals surface area contributed by atoms with E-state index in [1.807, 2.05) is 55.1 Å². The van der Waals surface area contributed by atoms with E-state index >= 15 is 0 Å². The van der Waals surface area contributed by atoms with Gasteiger partial charge in [-0.05, 0) is 102 Å². The Morgan fingerprint density at radius 1 is 0.932 bits per heavy atom. The zero-order valence-corrected chi connectivity index (χ0v) is 25.4. The molecule has 0 aromatic heterocycles. The number of amides is 2. The molecule has 0 spiro atoms. The molecule has 0 saturated heterocycles. The Hall–Kier alpha value is -4.46. The maximum Gasteiger partial charge on any atom is 0.258 e. The van der Waals surface area contributed by atoms with Gasteiger partial charge >= 0.3 is 0 Å². The summed E-state index contributed by atoms with van der Waals surface area (Å²) >= 11 is 0. The van der Waals surface area contributed by atoms with Crippen LogP contribution in [0.4, 0.5) is 5.69 Å².